The van der Waals surface area contributed by atoms with Crippen LogP contribution < -0.4 is 5.48 Å². The molecule has 2 nitrogen and oxygen atoms in total. The van der Waals surface area contributed by atoms with Crippen molar-refractivity contribution in [3.8, 4) is 0 Å². The van der Waals surface area contributed by atoms with Gasteiger partial charge >= 0.3 is 0 Å². The van der Waals surface area contributed by atoms with Crippen LogP contribution in [0.15, 0.2) is 0 Å². The normalized spacial score (nSPS) is 26.7. The van der Waals surface area contributed by atoms with Crippen LogP contribution >= 0.6 is 0 Å². The summed E-state index contributed by atoms with van der Waals surface area (Å²) >= 11 is 0. The van der Waals surface area contributed by atoms with Gasteiger partial charge < -0.3 is 5.21 Å². The van der Waals surface area contributed by atoms with E-state index >= 15 is 0 Å². The van der Waals surface area contributed by atoms with Crippen LogP contribution in [0, 0.1) is 0 Å². The quantitative estimate of drug-likeness (QED) is 0.557. The monoisotopic (exact) mass is 151 g/mol. The molecule has 0 bridgehead atoms. The molecule has 0 unspecified atom stereocenters. The largest absolute Gasteiger partial charge is 0.317 e. The van der Waals surface area contributed by atoms with Crippen LogP contribution in [0.1, 0.15) is 25.7 Å². The highest BCUT2D eigenvalue weighted by molar-refractivity contribution is 4.79. The van der Waals surface area contributed by atoms with Gasteiger partial charge in [0, 0.05) is 18.9 Å². The standard InChI is InChI=1S/C6H11F2NO/c7-6(8)3-1-5(9-10)2-4-6/h5,9-10H,1-4H2. The Bertz CT molecular complexity index is 108. The summed E-state index contributed by atoms with van der Waals surface area (Å²) in [6.45, 7) is 0. The van der Waals surface area contributed by atoms with Crippen molar-refractivity contribution in [2.24, 2.45) is 0 Å². The van der Waals surface area contributed by atoms with Crippen molar-refractivity contribution in [1.82, 2.24) is 5.48 Å². The van der Waals surface area contributed by atoms with Crippen molar-refractivity contribution in [2.45, 2.75) is 37.6 Å². The third kappa shape index (κ3) is 1.88. The molecule has 0 aliphatic heterocycles. The first-order valence-corrected chi connectivity index (χ1v) is 3.41. The first-order chi connectivity index (χ1) is 4.64. The van der Waals surface area contributed by atoms with Gasteiger partial charge in [0.2, 0.25) is 5.92 Å². The molecule has 1 aliphatic carbocycles. The molecule has 0 aromatic heterocycles. The fraction of sp³-hybridized carbons (Fsp3) is 1.00. The van der Waals surface area contributed by atoms with Crippen molar-refractivity contribution in [3.63, 3.8) is 0 Å². The molecule has 0 radical (unpaired) electrons. The van der Waals surface area contributed by atoms with Gasteiger partial charge in [-0.25, -0.2) is 14.3 Å². The van der Waals surface area contributed by atoms with Gasteiger partial charge in [-0.3, -0.25) is 0 Å². The van der Waals surface area contributed by atoms with Crippen molar-refractivity contribution < 1.29 is 14.0 Å². The summed E-state index contributed by atoms with van der Waals surface area (Å²) < 4.78 is 24.8. The van der Waals surface area contributed by atoms with Crippen LogP contribution in [0.2, 0.25) is 0 Å². The number of alkyl halides is 2. The van der Waals surface area contributed by atoms with Crippen LogP contribution in [0.5, 0.6) is 0 Å². The van der Waals surface area contributed by atoms with Gasteiger partial charge in [-0.15, -0.1) is 0 Å². The number of hydroxylamine groups is 1. The molecule has 10 heavy (non-hydrogen) atoms. The Balaban J connectivity index is 2.31. The molecule has 1 rings (SSSR count). The summed E-state index contributed by atoms with van der Waals surface area (Å²) in [5.74, 6) is -2.49. The molecule has 0 aromatic rings. The zero-order valence-corrected chi connectivity index (χ0v) is 5.61. The van der Waals surface area contributed by atoms with E-state index in [1.807, 2.05) is 5.48 Å². The highest BCUT2D eigenvalue weighted by Crippen LogP contribution is 2.32. The van der Waals surface area contributed by atoms with E-state index in [-0.39, 0.29) is 18.9 Å². The number of nitrogens with one attached hydrogen (secondary N) is 1. The smallest absolute Gasteiger partial charge is 0.248 e. The number of hydrogen-bond donors (Lipinski definition) is 2. The minimum Gasteiger partial charge on any atom is -0.317 e. The molecule has 0 amide bonds. The maximum Gasteiger partial charge on any atom is 0.248 e. The van der Waals surface area contributed by atoms with Crippen LogP contribution in [-0.2, 0) is 0 Å². The third-order valence-corrected chi connectivity index (χ3v) is 1.90. The summed E-state index contributed by atoms with van der Waals surface area (Å²) in [6.07, 6.45) is 0.517. The molecule has 0 aromatic carbocycles. The van der Waals surface area contributed by atoms with Gasteiger partial charge in [0.1, 0.15) is 0 Å². The average Bonchev–Trinajstić information content (AvgIpc) is 1.88. The van der Waals surface area contributed by atoms with E-state index < -0.39 is 5.92 Å². The molecule has 60 valence electrons. The van der Waals surface area contributed by atoms with E-state index in [2.05, 4.69) is 0 Å². The van der Waals surface area contributed by atoms with Gasteiger partial charge in [-0.05, 0) is 12.8 Å². The Kier molecular flexibility index (Phi) is 2.21. The molecule has 4 heteroatoms. The van der Waals surface area contributed by atoms with Crippen molar-refractivity contribution >= 4 is 0 Å². The summed E-state index contributed by atoms with van der Waals surface area (Å²) in [7, 11) is 0. The molecule has 0 atom stereocenters. The Hall–Kier alpha value is -0.220. The summed E-state index contributed by atoms with van der Waals surface area (Å²) in [6, 6.07) is -0.125. The predicted octanol–water partition coefficient (Wildman–Crippen LogP) is 1.54. The van der Waals surface area contributed by atoms with E-state index in [9.17, 15) is 8.78 Å². The summed E-state index contributed by atoms with van der Waals surface area (Å²) in [4.78, 5) is 0. The van der Waals surface area contributed by atoms with E-state index in [0.717, 1.165) is 0 Å². The minimum atomic E-state index is -2.49. The number of hydrogen-bond acceptors (Lipinski definition) is 2. The molecule has 1 aliphatic rings. The highest BCUT2D eigenvalue weighted by atomic mass is 19.3. The third-order valence-electron chi connectivity index (χ3n) is 1.90. The van der Waals surface area contributed by atoms with Gasteiger partial charge in [0.25, 0.3) is 0 Å². The second-order valence-corrected chi connectivity index (χ2v) is 2.76. The SMILES string of the molecule is ONC1CCC(F)(F)CC1. The zero-order valence-electron chi connectivity index (χ0n) is 5.61. The molecule has 0 spiro atoms. The van der Waals surface area contributed by atoms with Gasteiger partial charge in [-0.2, -0.15) is 0 Å². The Labute approximate surface area is 58.2 Å². The van der Waals surface area contributed by atoms with Crippen LogP contribution in [0.3, 0.4) is 0 Å². The maximum absolute atomic E-state index is 12.4. The van der Waals surface area contributed by atoms with Crippen molar-refractivity contribution in [3.05, 3.63) is 0 Å². The van der Waals surface area contributed by atoms with Crippen molar-refractivity contribution in [1.29, 1.82) is 0 Å². The number of rotatable bonds is 1. The lowest BCUT2D eigenvalue weighted by atomic mass is 9.93. The minimum absolute atomic E-state index is 0.106. The van der Waals surface area contributed by atoms with Gasteiger partial charge in [-0.1, -0.05) is 0 Å². The first kappa shape index (κ1) is 7.88. The van der Waals surface area contributed by atoms with Crippen LogP contribution in [0.25, 0.3) is 0 Å². The zero-order chi connectivity index (χ0) is 7.61. The van der Waals surface area contributed by atoms with Crippen LogP contribution in [-0.4, -0.2) is 17.2 Å². The number of halogens is 2. The first-order valence-electron chi connectivity index (χ1n) is 3.41. The summed E-state index contributed by atoms with van der Waals surface area (Å²) in [5, 5.41) is 8.37. The maximum atomic E-state index is 12.4. The fourth-order valence-corrected chi connectivity index (χ4v) is 1.17. The van der Waals surface area contributed by atoms with E-state index in [1.54, 1.807) is 0 Å². The Morgan fingerprint density at radius 1 is 1.30 bits per heavy atom. The average molecular weight is 151 g/mol. The molecular weight excluding hydrogens is 140 g/mol. The topological polar surface area (TPSA) is 32.3 Å². The lowest BCUT2D eigenvalue weighted by Gasteiger charge is -2.26. The van der Waals surface area contributed by atoms with E-state index in [0.29, 0.717) is 12.8 Å². The molecule has 0 heterocycles. The summed E-state index contributed by atoms with van der Waals surface area (Å²) in [5.41, 5.74) is 2.01. The molecular formula is C6H11F2NO. The Morgan fingerprint density at radius 2 is 1.80 bits per heavy atom. The molecule has 1 fully saturated rings. The fourth-order valence-electron chi connectivity index (χ4n) is 1.17. The molecule has 2 N–H and O–H groups in total. The lowest BCUT2D eigenvalue weighted by molar-refractivity contribution is -0.0519. The second kappa shape index (κ2) is 2.80. The highest BCUT2D eigenvalue weighted by Gasteiger charge is 2.34. The molecule has 0 saturated heterocycles. The lowest BCUT2D eigenvalue weighted by Crippen LogP contribution is -2.35. The van der Waals surface area contributed by atoms with Gasteiger partial charge in [0.15, 0.2) is 0 Å². The second-order valence-electron chi connectivity index (χ2n) is 2.76. The van der Waals surface area contributed by atoms with Gasteiger partial charge in [0.05, 0.1) is 0 Å². The van der Waals surface area contributed by atoms with Crippen molar-refractivity contribution in [2.75, 3.05) is 0 Å². The predicted molar refractivity (Wildman–Crippen MR) is 32.1 cm³/mol. The Morgan fingerprint density at radius 3 is 2.20 bits per heavy atom. The van der Waals surface area contributed by atoms with E-state index in [1.165, 1.54) is 0 Å². The van der Waals surface area contributed by atoms with Crippen LogP contribution in [0.4, 0.5) is 8.78 Å². The van der Waals surface area contributed by atoms with E-state index in [4.69, 9.17) is 5.21 Å². The molecule has 1 saturated carbocycles.